The Morgan fingerprint density at radius 3 is 1.86 bits per heavy atom. The minimum Gasteiger partial charge on any atom is -0.466 e. The molecule has 0 amide bonds. The summed E-state index contributed by atoms with van der Waals surface area (Å²) in [5.74, 6) is -0.0762. The maximum absolute atomic E-state index is 11.1. The summed E-state index contributed by atoms with van der Waals surface area (Å²) in [6.45, 7) is 4.47. The van der Waals surface area contributed by atoms with Gasteiger partial charge in [-0.2, -0.15) is 0 Å². The monoisotopic (exact) mass is 304 g/mol. The minimum absolute atomic E-state index is 0.0762. The van der Waals surface area contributed by atoms with Gasteiger partial charge in [-0.15, -0.1) is 0 Å². The predicted molar refractivity (Wildman–Crippen MR) is 95.8 cm³/mol. The lowest BCUT2D eigenvalue weighted by molar-refractivity contribution is -0.143. The van der Waals surface area contributed by atoms with Crippen molar-refractivity contribution >= 4 is 5.97 Å². The van der Waals surface area contributed by atoms with Gasteiger partial charge in [-0.3, -0.25) is 4.79 Å². The van der Waals surface area contributed by atoms with Gasteiger partial charge in [0.25, 0.3) is 0 Å². The highest BCUT2D eigenvalue weighted by Gasteiger charge is 1.99. The number of carbonyl (C=O) groups excluding carboxylic acids is 1. The van der Waals surface area contributed by atoms with Crippen molar-refractivity contribution in [3.63, 3.8) is 0 Å². The molecule has 0 saturated heterocycles. The van der Waals surface area contributed by atoms with Gasteiger partial charge >= 0.3 is 5.97 Å². The molecule has 0 atom stereocenters. The normalized spacial score (nSPS) is 12.3. The van der Waals surface area contributed by atoms with Crippen LogP contribution in [0.4, 0.5) is 0 Å². The average Bonchev–Trinajstić information content (AvgIpc) is 2.51. The Hall–Kier alpha value is -1.57. The summed E-state index contributed by atoms with van der Waals surface area (Å²) in [6.07, 6.45) is 25.3. The van der Waals surface area contributed by atoms with E-state index < -0.39 is 0 Å². The van der Waals surface area contributed by atoms with Gasteiger partial charge in [-0.1, -0.05) is 55.5 Å². The number of rotatable bonds is 13. The van der Waals surface area contributed by atoms with Crippen molar-refractivity contribution in [3.8, 4) is 0 Å². The molecular formula is C20H32O2. The van der Waals surface area contributed by atoms with E-state index in [1.165, 1.54) is 0 Å². The molecule has 0 aliphatic heterocycles. The molecule has 0 radical (unpaired) electrons. The Labute approximate surface area is 136 Å². The van der Waals surface area contributed by atoms with E-state index in [9.17, 15) is 4.79 Å². The van der Waals surface area contributed by atoms with E-state index >= 15 is 0 Å². The Balaban J connectivity index is 3.41. The van der Waals surface area contributed by atoms with Crippen LogP contribution in [0.25, 0.3) is 0 Å². The Morgan fingerprint density at radius 2 is 1.32 bits per heavy atom. The summed E-state index contributed by atoms with van der Waals surface area (Å²) in [4.78, 5) is 11.1. The van der Waals surface area contributed by atoms with Gasteiger partial charge in [0.05, 0.1) is 6.61 Å². The fourth-order valence-electron chi connectivity index (χ4n) is 1.86. The molecule has 0 N–H and O–H groups in total. The van der Waals surface area contributed by atoms with E-state index in [0.717, 1.165) is 44.9 Å². The molecular weight excluding hydrogens is 272 g/mol. The van der Waals surface area contributed by atoms with Gasteiger partial charge in [0, 0.05) is 6.42 Å². The van der Waals surface area contributed by atoms with Crippen molar-refractivity contribution in [3.05, 3.63) is 48.6 Å². The highest BCUT2D eigenvalue weighted by Crippen LogP contribution is 2.03. The van der Waals surface area contributed by atoms with Gasteiger partial charge in [0.15, 0.2) is 0 Å². The van der Waals surface area contributed by atoms with Crippen molar-refractivity contribution in [2.24, 2.45) is 0 Å². The minimum atomic E-state index is -0.0762. The zero-order chi connectivity index (χ0) is 16.3. The Kier molecular flexibility index (Phi) is 16.2. The number of allylic oxidation sites excluding steroid dienone is 8. The van der Waals surface area contributed by atoms with Crippen molar-refractivity contribution in [2.75, 3.05) is 6.61 Å². The van der Waals surface area contributed by atoms with E-state index in [-0.39, 0.29) is 5.97 Å². The molecule has 22 heavy (non-hydrogen) atoms. The highest BCUT2D eigenvalue weighted by molar-refractivity contribution is 5.69. The number of ether oxygens (including phenoxy) is 1. The fraction of sp³-hybridized carbons (Fsp3) is 0.550. The van der Waals surface area contributed by atoms with E-state index in [0.29, 0.717) is 13.0 Å². The zero-order valence-electron chi connectivity index (χ0n) is 14.3. The van der Waals surface area contributed by atoms with Gasteiger partial charge in [0.1, 0.15) is 0 Å². The molecule has 0 bridgehead atoms. The van der Waals surface area contributed by atoms with Crippen LogP contribution in [0.3, 0.4) is 0 Å². The van der Waals surface area contributed by atoms with E-state index in [1.54, 1.807) is 0 Å². The van der Waals surface area contributed by atoms with Crippen molar-refractivity contribution in [1.29, 1.82) is 0 Å². The molecule has 0 aliphatic carbocycles. The van der Waals surface area contributed by atoms with Gasteiger partial charge in [-0.05, 0) is 51.9 Å². The van der Waals surface area contributed by atoms with Crippen LogP contribution in [0.5, 0.6) is 0 Å². The van der Waals surface area contributed by atoms with Crippen molar-refractivity contribution in [2.45, 2.75) is 65.2 Å². The first kappa shape index (κ1) is 20.4. The van der Waals surface area contributed by atoms with Crippen LogP contribution in [0.1, 0.15) is 65.2 Å². The van der Waals surface area contributed by atoms with Gasteiger partial charge in [0.2, 0.25) is 0 Å². The van der Waals surface area contributed by atoms with E-state index in [4.69, 9.17) is 4.74 Å². The molecule has 0 saturated carbocycles. The first-order chi connectivity index (χ1) is 10.8. The third-order valence-electron chi connectivity index (χ3n) is 3.03. The molecule has 0 aromatic heterocycles. The third kappa shape index (κ3) is 16.5. The lowest BCUT2D eigenvalue weighted by atomic mass is 10.2. The summed E-state index contributed by atoms with van der Waals surface area (Å²) >= 11 is 0. The molecule has 2 nitrogen and oxygen atoms in total. The van der Waals surface area contributed by atoms with Crippen molar-refractivity contribution < 1.29 is 9.53 Å². The second-order valence-corrected chi connectivity index (χ2v) is 5.05. The topological polar surface area (TPSA) is 26.3 Å². The number of carbonyl (C=O) groups is 1. The molecule has 0 aromatic carbocycles. The van der Waals surface area contributed by atoms with Crippen LogP contribution in [-0.4, -0.2) is 12.6 Å². The van der Waals surface area contributed by atoms with Crippen LogP contribution in [0, 0.1) is 0 Å². The smallest absolute Gasteiger partial charge is 0.305 e. The molecule has 0 heterocycles. The number of esters is 1. The standard InChI is InChI=1S/C20H32O2/c1-3-5-6-7-8-9-10-11-12-13-14-15-16-17-18-19-20(21)22-4-2/h5-6,8-9,11-12,14-15H,3-4,7,10,13,16-19H2,1-2H3/b6-5-,9-8-,12-11-,15-14-. The molecule has 0 aromatic rings. The molecule has 0 unspecified atom stereocenters. The third-order valence-corrected chi connectivity index (χ3v) is 3.03. The predicted octanol–water partition coefficient (Wildman–Crippen LogP) is 5.92. The lowest BCUT2D eigenvalue weighted by Gasteiger charge is -1.99. The molecule has 2 heteroatoms. The van der Waals surface area contributed by atoms with Crippen molar-refractivity contribution in [1.82, 2.24) is 0 Å². The second kappa shape index (κ2) is 17.5. The van der Waals surface area contributed by atoms with Crippen LogP contribution in [-0.2, 0) is 9.53 Å². The second-order valence-electron chi connectivity index (χ2n) is 5.05. The summed E-state index contributed by atoms with van der Waals surface area (Å²) in [5.41, 5.74) is 0. The fourth-order valence-corrected chi connectivity index (χ4v) is 1.86. The molecule has 0 fully saturated rings. The Morgan fingerprint density at radius 1 is 0.773 bits per heavy atom. The zero-order valence-corrected chi connectivity index (χ0v) is 14.3. The number of unbranched alkanes of at least 4 members (excludes halogenated alkanes) is 2. The average molecular weight is 304 g/mol. The maximum Gasteiger partial charge on any atom is 0.305 e. The largest absolute Gasteiger partial charge is 0.466 e. The quantitative estimate of drug-likeness (QED) is 0.240. The molecule has 0 aliphatic rings. The van der Waals surface area contributed by atoms with Crippen LogP contribution in [0.2, 0.25) is 0 Å². The summed E-state index contributed by atoms with van der Waals surface area (Å²) in [7, 11) is 0. The molecule has 0 spiro atoms. The number of hydrogen-bond donors (Lipinski definition) is 0. The van der Waals surface area contributed by atoms with Gasteiger partial charge < -0.3 is 4.74 Å². The van der Waals surface area contributed by atoms with E-state index in [2.05, 4.69) is 55.5 Å². The van der Waals surface area contributed by atoms with E-state index in [1.807, 2.05) is 6.92 Å². The first-order valence-corrected chi connectivity index (χ1v) is 8.56. The van der Waals surface area contributed by atoms with Crippen LogP contribution >= 0.6 is 0 Å². The molecule has 0 rings (SSSR count). The summed E-state index contributed by atoms with van der Waals surface area (Å²) in [6, 6.07) is 0. The van der Waals surface area contributed by atoms with Gasteiger partial charge in [-0.25, -0.2) is 0 Å². The van der Waals surface area contributed by atoms with Crippen LogP contribution < -0.4 is 0 Å². The highest BCUT2D eigenvalue weighted by atomic mass is 16.5. The maximum atomic E-state index is 11.1. The Bertz CT molecular complexity index is 362. The molecule has 124 valence electrons. The summed E-state index contributed by atoms with van der Waals surface area (Å²) in [5, 5.41) is 0. The SMILES string of the molecule is CC/C=C\C/C=C\C/C=C\C/C=C\CCCCC(=O)OCC. The van der Waals surface area contributed by atoms with Crippen LogP contribution in [0.15, 0.2) is 48.6 Å². The lowest BCUT2D eigenvalue weighted by Crippen LogP contribution is -2.02. The first-order valence-electron chi connectivity index (χ1n) is 8.56. The number of hydrogen-bond acceptors (Lipinski definition) is 2. The summed E-state index contributed by atoms with van der Waals surface area (Å²) < 4.78 is 4.89.